The summed E-state index contributed by atoms with van der Waals surface area (Å²) in [5, 5.41) is 3.50. The van der Waals surface area contributed by atoms with Crippen LogP contribution in [0.3, 0.4) is 0 Å². The van der Waals surface area contributed by atoms with Crippen LogP contribution in [0.5, 0.6) is 0 Å². The molecule has 108 valence electrons. The van der Waals surface area contributed by atoms with Crippen LogP contribution in [0, 0.1) is 11.3 Å². The third-order valence-corrected chi connectivity index (χ3v) is 6.02. The van der Waals surface area contributed by atoms with Gasteiger partial charge in [0.2, 0.25) is 0 Å². The third-order valence-electron chi connectivity index (χ3n) is 6.02. The molecule has 2 aliphatic heterocycles. The van der Waals surface area contributed by atoms with Crippen LogP contribution in [-0.4, -0.2) is 22.6 Å². The van der Waals surface area contributed by atoms with Crippen LogP contribution in [0.4, 0.5) is 0 Å². The van der Waals surface area contributed by atoms with Gasteiger partial charge in [-0.1, -0.05) is 24.3 Å². The molecule has 1 unspecified atom stereocenters. The lowest BCUT2D eigenvalue weighted by Gasteiger charge is -2.52. The molecule has 1 spiro atoms. The summed E-state index contributed by atoms with van der Waals surface area (Å²) in [5.74, 6) is 0.791. The molecule has 0 bridgehead atoms. The zero-order valence-electron chi connectivity index (χ0n) is 12.3. The second kappa shape index (κ2) is 4.20. The molecule has 0 radical (unpaired) electrons. The van der Waals surface area contributed by atoms with Gasteiger partial charge in [-0.3, -0.25) is 0 Å². The average molecular weight is 279 g/mol. The molecular weight excluding hydrogens is 258 g/mol. The second-order valence-electron chi connectivity index (χ2n) is 7.14. The van der Waals surface area contributed by atoms with Gasteiger partial charge < -0.3 is 9.88 Å². The maximum Gasteiger partial charge on any atom is 0.0956 e. The number of hydrogen-bond acceptors (Lipinski definition) is 2. The van der Waals surface area contributed by atoms with Crippen molar-refractivity contribution in [3.05, 3.63) is 42.4 Å². The summed E-state index contributed by atoms with van der Waals surface area (Å²) < 4.78 is 2.42. The molecule has 0 amide bonds. The van der Waals surface area contributed by atoms with Crippen molar-refractivity contribution in [1.29, 1.82) is 0 Å². The van der Waals surface area contributed by atoms with Gasteiger partial charge in [-0.25, -0.2) is 4.98 Å². The quantitative estimate of drug-likeness (QED) is 0.868. The summed E-state index contributed by atoms with van der Waals surface area (Å²) >= 11 is 0. The minimum Gasteiger partial charge on any atom is -0.323 e. The van der Waals surface area contributed by atoms with E-state index in [0.717, 1.165) is 5.92 Å². The third kappa shape index (κ3) is 1.61. The molecule has 21 heavy (non-hydrogen) atoms. The molecule has 1 saturated heterocycles. The van der Waals surface area contributed by atoms with Gasteiger partial charge in [-0.05, 0) is 55.7 Å². The number of fused-ring (bicyclic) bond motifs is 3. The van der Waals surface area contributed by atoms with Gasteiger partial charge in [0.1, 0.15) is 0 Å². The zero-order chi connectivity index (χ0) is 13.9. The van der Waals surface area contributed by atoms with E-state index < -0.39 is 0 Å². The maximum absolute atomic E-state index is 4.39. The van der Waals surface area contributed by atoms with Crippen LogP contribution in [0.25, 0.3) is 11.3 Å². The number of rotatable bonds is 1. The highest BCUT2D eigenvalue weighted by Gasteiger charge is 2.49. The van der Waals surface area contributed by atoms with Gasteiger partial charge in [0.25, 0.3) is 0 Å². The van der Waals surface area contributed by atoms with E-state index in [1.54, 1.807) is 0 Å². The van der Waals surface area contributed by atoms with Crippen molar-refractivity contribution < 1.29 is 0 Å². The van der Waals surface area contributed by atoms with E-state index in [2.05, 4.69) is 39.1 Å². The smallest absolute Gasteiger partial charge is 0.0956 e. The number of benzene rings is 1. The molecule has 1 aromatic carbocycles. The lowest BCUT2D eigenvalue weighted by atomic mass is 9.55. The maximum atomic E-state index is 4.39. The molecule has 3 heteroatoms. The first-order valence-corrected chi connectivity index (χ1v) is 8.18. The minimum absolute atomic E-state index is 0.527. The zero-order valence-corrected chi connectivity index (χ0v) is 12.3. The number of imidazole rings is 1. The van der Waals surface area contributed by atoms with Crippen LogP contribution in [0.2, 0.25) is 0 Å². The van der Waals surface area contributed by atoms with Crippen LogP contribution in [0.15, 0.2) is 36.8 Å². The molecule has 1 saturated carbocycles. The first-order chi connectivity index (χ1) is 10.4. The molecular formula is C18H21N3. The van der Waals surface area contributed by atoms with E-state index in [9.17, 15) is 0 Å². The molecule has 3 heterocycles. The van der Waals surface area contributed by atoms with Gasteiger partial charge >= 0.3 is 0 Å². The minimum atomic E-state index is 0.527. The van der Waals surface area contributed by atoms with Gasteiger partial charge in [0.05, 0.1) is 24.3 Å². The van der Waals surface area contributed by atoms with Gasteiger partial charge in [0.15, 0.2) is 0 Å². The molecule has 2 aromatic rings. The number of aromatic nitrogens is 2. The highest BCUT2D eigenvalue weighted by Crippen LogP contribution is 2.58. The molecule has 5 rings (SSSR count). The topological polar surface area (TPSA) is 29.9 Å². The molecule has 1 atom stereocenters. The molecule has 3 aliphatic rings. The second-order valence-corrected chi connectivity index (χ2v) is 7.14. The monoisotopic (exact) mass is 279 g/mol. The molecule has 1 aromatic heterocycles. The largest absolute Gasteiger partial charge is 0.323 e. The van der Waals surface area contributed by atoms with Crippen molar-refractivity contribution in [2.75, 3.05) is 13.1 Å². The highest BCUT2D eigenvalue weighted by molar-refractivity contribution is 5.69. The predicted molar refractivity (Wildman–Crippen MR) is 83.1 cm³/mol. The SMILES string of the molecule is c1ccc2c(c1)-c1cncn1C2C1CC2(CCNCC2)C1. The van der Waals surface area contributed by atoms with E-state index >= 15 is 0 Å². The van der Waals surface area contributed by atoms with Crippen molar-refractivity contribution in [2.24, 2.45) is 11.3 Å². The standard InChI is InChI=1S/C18H21N3/c1-2-4-15-14(3-1)16-11-20-12-21(16)17(15)13-9-18(10-13)5-7-19-8-6-18/h1-4,11-13,17,19H,5-10H2. The molecule has 1 N–H and O–H groups in total. The Balaban J connectivity index is 1.48. The highest BCUT2D eigenvalue weighted by atomic mass is 15.1. The fraction of sp³-hybridized carbons (Fsp3) is 0.500. The van der Waals surface area contributed by atoms with Crippen LogP contribution < -0.4 is 5.32 Å². The average Bonchev–Trinajstić information content (AvgIpc) is 3.06. The summed E-state index contributed by atoms with van der Waals surface area (Å²) in [6.45, 7) is 2.43. The normalized spacial score (nSPS) is 26.4. The summed E-state index contributed by atoms with van der Waals surface area (Å²) in [6.07, 6.45) is 9.59. The van der Waals surface area contributed by atoms with E-state index in [0.29, 0.717) is 11.5 Å². The number of piperidine rings is 1. The Hall–Kier alpha value is -1.61. The van der Waals surface area contributed by atoms with Crippen LogP contribution >= 0.6 is 0 Å². The lowest BCUT2D eigenvalue weighted by Crippen LogP contribution is -2.47. The summed E-state index contributed by atoms with van der Waals surface area (Å²) in [6, 6.07) is 9.43. The van der Waals surface area contributed by atoms with Crippen LogP contribution in [-0.2, 0) is 0 Å². The Bertz CT molecular complexity index is 673. The summed E-state index contributed by atoms with van der Waals surface area (Å²) in [5.41, 5.74) is 4.87. The predicted octanol–water partition coefficient (Wildman–Crippen LogP) is 3.23. The number of hydrogen-bond donors (Lipinski definition) is 1. The van der Waals surface area contributed by atoms with Crippen LogP contribution in [0.1, 0.15) is 37.3 Å². The number of nitrogens with zero attached hydrogens (tertiary/aromatic N) is 2. The Labute approximate surface area is 125 Å². The first-order valence-electron chi connectivity index (χ1n) is 8.18. The fourth-order valence-electron chi connectivity index (χ4n) is 5.00. The Kier molecular flexibility index (Phi) is 2.40. The fourth-order valence-corrected chi connectivity index (χ4v) is 5.00. The number of nitrogens with one attached hydrogen (secondary N) is 1. The van der Waals surface area contributed by atoms with Crippen molar-refractivity contribution in [3.8, 4) is 11.3 Å². The Morgan fingerprint density at radius 2 is 1.95 bits per heavy atom. The molecule has 2 fully saturated rings. The van der Waals surface area contributed by atoms with Gasteiger partial charge in [0, 0.05) is 5.56 Å². The molecule has 1 aliphatic carbocycles. The Morgan fingerprint density at radius 3 is 2.81 bits per heavy atom. The van der Waals surface area contributed by atoms with E-state index in [4.69, 9.17) is 0 Å². The van der Waals surface area contributed by atoms with E-state index in [1.807, 2.05) is 12.5 Å². The first kappa shape index (κ1) is 12.0. The van der Waals surface area contributed by atoms with Crippen molar-refractivity contribution in [2.45, 2.75) is 31.7 Å². The molecule has 3 nitrogen and oxygen atoms in total. The van der Waals surface area contributed by atoms with Gasteiger partial charge in [-0.15, -0.1) is 0 Å². The van der Waals surface area contributed by atoms with E-state index in [1.165, 1.54) is 55.6 Å². The lowest BCUT2D eigenvalue weighted by molar-refractivity contribution is 0.00317. The Morgan fingerprint density at radius 1 is 1.14 bits per heavy atom. The van der Waals surface area contributed by atoms with Crippen molar-refractivity contribution in [3.63, 3.8) is 0 Å². The van der Waals surface area contributed by atoms with Gasteiger partial charge in [-0.2, -0.15) is 0 Å². The van der Waals surface area contributed by atoms with Crippen molar-refractivity contribution in [1.82, 2.24) is 14.9 Å². The summed E-state index contributed by atoms with van der Waals surface area (Å²) in [4.78, 5) is 4.39. The van der Waals surface area contributed by atoms with Crippen molar-refractivity contribution >= 4 is 0 Å². The van der Waals surface area contributed by atoms with E-state index in [-0.39, 0.29) is 0 Å². The summed E-state index contributed by atoms with van der Waals surface area (Å²) in [7, 11) is 0.